The van der Waals surface area contributed by atoms with Crippen molar-refractivity contribution in [3.8, 4) is 0 Å². The Hall–Kier alpha value is -1.72. The number of rotatable bonds is 7. The summed E-state index contributed by atoms with van der Waals surface area (Å²) in [5.41, 5.74) is 2.65. The number of amides is 1. The average molecular weight is 364 g/mol. The van der Waals surface area contributed by atoms with Crippen LogP contribution in [0.1, 0.15) is 58.2 Å². The maximum absolute atomic E-state index is 11.9. The smallest absolute Gasteiger partial charge is 0.408 e. The van der Waals surface area contributed by atoms with Gasteiger partial charge in [-0.2, -0.15) is 0 Å². The van der Waals surface area contributed by atoms with Crippen LogP contribution in [0.15, 0.2) is 41.8 Å². The lowest BCUT2D eigenvalue weighted by atomic mass is 10.0. The van der Waals surface area contributed by atoms with Crippen LogP contribution >= 0.6 is 11.8 Å². The van der Waals surface area contributed by atoms with Crippen molar-refractivity contribution in [1.29, 1.82) is 0 Å². The zero-order valence-electron chi connectivity index (χ0n) is 15.8. The summed E-state index contributed by atoms with van der Waals surface area (Å²) in [6.07, 6.45) is 0.428. The molecule has 1 rings (SSSR count). The number of carbonyl (C=O) groups excluding carboxylic acids is 1. The van der Waals surface area contributed by atoms with Gasteiger partial charge in [-0.05, 0) is 50.7 Å². The van der Waals surface area contributed by atoms with E-state index in [1.807, 2.05) is 29.7 Å². The van der Waals surface area contributed by atoms with Crippen LogP contribution in [0.5, 0.6) is 0 Å². The molecule has 25 heavy (non-hydrogen) atoms. The number of hydrogen-bond acceptors (Lipinski definition) is 4. The minimum Gasteiger partial charge on any atom is -0.444 e. The van der Waals surface area contributed by atoms with Gasteiger partial charge in [0.1, 0.15) is 5.60 Å². The van der Waals surface area contributed by atoms with Crippen molar-refractivity contribution in [3.05, 3.63) is 53.0 Å². The van der Waals surface area contributed by atoms with Crippen LogP contribution in [0.25, 0.3) is 4.91 Å². The molecule has 0 aromatic heterocycles. The molecule has 1 atom stereocenters. The van der Waals surface area contributed by atoms with Crippen molar-refractivity contribution in [2.45, 2.75) is 52.7 Å². The highest BCUT2D eigenvalue weighted by molar-refractivity contribution is 8.10. The van der Waals surface area contributed by atoms with Crippen LogP contribution in [0.3, 0.4) is 0 Å². The van der Waals surface area contributed by atoms with Crippen molar-refractivity contribution in [3.63, 3.8) is 0 Å². The number of benzene rings is 1. The van der Waals surface area contributed by atoms with Crippen LogP contribution in [0.2, 0.25) is 0 Å². The first-order valence-electron chi connectivity index (χ1n) is 8.39. The Morgan fingerprint density at radius 1 is 1.36 bits per heavy atom. The third-order valence-electron chi connectivity index (χ3n) is 3.57. The fourth-order valence-corrected chi connectivity index (χ4v) is 2.99. The molecule has 1 amide bonds. The Kier molecular flexibility index (Phi) is 8.26. The Balaban J connectivity index is 2.95. The summed E-state index contributed by atoms with van der Waals surface area (Å²) in [6.45, 7) is 13.2. The first-order chi connectivity index (χ1) is 11.7. The highest BCUT2D eigenvalue weighted by Gasteiger charge is 2.20. The molecule has 0 radical (unpaired) electrons. The molecule has 0 saturated heterocycles. The van der Waals surface area contributed by atoms with E-state index in [1.54, 1.807) is 32.5 Å². The van der Waals surface area contributed by atoms with Crippen molar-refractivity contribution < 1.29 is 14.6 Å². The summed E-state index contributed by atoms with van der Waals surface area (Å²) in [5, 5.41) is 14.1. The highest BCUT2D eigenvalue weighted by Crippen LogP contribution is 2.33. The van der Waals surface area contributed by atoms with Crippen molar-refractivity contribution in [2.75, 3.05) is 6.61 Å². The summed E-state index contributed by atoms with van der Waals surface area (Å²) in [7, 11) is 0. The van der Waals surface area contributed by atoms with Gasteiger partial charge in [0.25, 0.3) is 0 Å². The molecule has 2 N–H and O–H groups in total. The van der Waals surface area contributed by atoms with E-state index in [0.717, 1.165) is 17.5 Å². The highest BCUT2D eigenvalue weighted by atomic mass is 32.2. The molecule has 0 aliphatic carbocycles. The summed E-state index contributed by atoms with van der Waals surface area (Å²) in [4.78, 5) is 13.1. The number of ether oxygens (including phenoxy) is 1. The standard InChI is InChI=1S/C20H29NO3S/c1-7-14(3)18(25-8-2)16-11-9-15(10-12-16)17(13-22)21-19(23)24-20(4,5)6/h8-12,17,22H,2,7,13H2,1,3-6H3,(H,21,23)/b18-14-. The first kappa shape index (κ1) is 21.3. The van der Waals surface area contributed by atoms with E-state index in [9.17, 15) is 9.90 Å². The third-order valence-corrected chi connectivity index (χ3v) is 4.55. The quantitative estimate of drug-likeness (QED) is 0.693. The van der Waals surface area contributed by atoms with E-state index in [4.69, 9.17) is 4.74 Å². The molecule has 5 heteroatoms. The van der Waals surface area contributed by atoms with E-state index < -0.39 is 17.7 Å². The fraction of sp³-hybridized carbons (Fsp3) is 0.450. The number of nitrogens with one attached hydrogen (secondary N) is 1. The van der Waals surface area contributed by atoms with Crippen molar-refractivity contribution >= 4 is 22.8 Å². The average Bonchev–Trinajstić information content (AvgIpc) is 2.55. The summed E-state index contributed by atoms with van der Waals surface area (Å²) < 4.78 is 5.25. The zero-order chi connectivity index (χ0) is 19.0. The maximum atomic E-state index is 11.9. The van der Waals surface area contributed by atoms with Gasteiger partial charge in [-0.15, -0.1) is 0 Å². The second-order valence-electron chi connectivity index (χ2n) is 6.75. The van der Waals surface area contributed by atoms with Gasteiger partial charge >= 0.3 is 6.09 Å². The van der Waals surface area contributed by atoms with Gasteiger partial charge in [-0.3, -0.25) is 0 Å². The molecule has 0 aliphatic heterocycles. The SMILES string of the molecule is C=CS/C(=C(/C)CC)c1ccc(C(CO)NC(=O)OC(C)(C)C)cc1. The molecule has 1 aromatic rings. The molecular weight excluding hydrogens is 334 g/mol. The minimum atomic E-state index is -0.576. The number of aliphatic hydroxyl groups excluding tert-OH is 1. The van der Waals surface area contributed by atoms with E-state index in [2.05, 4.69) is 25.7 Å². The van der Waals surface area contributed by atoms with Crippen molar-refractivity contribution in [2.24, 2.45) is 0 Å². The molecule has 0 aliphatic rings. The predicted octanol–water partition coefficient (Wildman–Crippen LogP) is 5.26. The number of alkyl carbamates (subject to hydrolysis) is 1. The van der Waals surface area contributed by atoms with E-state index in [1.165, 1.54) is 10.5 Å². The maximum Gasteiger partial charge on any atom is 0.408 e. The van der Waals surface area contributed by atoms with Crippen LogP contribution in [0.4, 0.5) is 4.79 Å². The molecule has 0 heterocycles. The van der Waals surface area contributed by atoms with E-state index in [0.29, 0.717) is 0 Å². The number of hydrogen-bond donors (Lipinski definition) is 2. The molecule has 0 spiro atoms. The lowest BCUT2D eigenvalue weighted by Gasteiger charge is -2.23. The lowest BCUT2D eigenvalue weighted by Crippen LogP contribution is -2.36. The molecule has 0 fully saturated rings. The van der Waals surface area contributed by atoms with E-state index >= 15 is 0 Å². The second kappa shape index (κ2) is 9.68. The number of aliphatic hydroxyl groups is 1. The third kappa shape index (κ3) is 6.96. The van der Waals surface area contributed by atoms with Crippen LogP contribution < -0.4 is 5.32 Å². The predicted molar refractivity (Wildman–Crippen MR) is 106 cm³/mol. The fourth-order valence-electron chi connectivity index (χ4n) is 2.21. The van der Waals surface area contributed by atoms with Crippen LogP contribution in [-0.4, -0.2) is 23.4 Å². The Labute approximate surface area is 155 Å². The Bertz CT molecular complexity index is 615. The second-order valence-corrected chi connectivity index (χ2v) is 7.73. The summed E-state index contributed by atoms with van der Waals surface area (Å²) in [6, 6.07) is 7.33. The van der Waals surface area contributed by atoms with Crippen LogP contribution in [-0.2, 0) is 4.74 Å². The van der Waals surface area contributed by atoms with Crippen LogP contribution in [0, 0.1) is 0 Å². The Morgan fingerprint density at radius 2 is 1.96 bits per heavy atom. The molecule has 4 nitrogen and oxygen atoms in total. The molecular formula is C20H29NO3S. The van der Waals surface area contributed by atoms with Gasteiger partial charge in [0.2, 0.25) is 0 Å². The molecule has 0 saturated carbocycles. The largest absolute Gasteiger partial charge is 0.444 e. The van der Waals surface area contributed by atoms with Gasteiger partial charge in [0.15, 0.2) is 0 Å². The summed E-state index contributed by atoms with van der Waals surface area (Å²) in [5.74, 6) is 0. The normalized spacial score (nSPS) is 13.7. The topological polar surface area (TPSA) is 58.6 Å². The Morgan fingerprint density at radius 3 is 2.40 bits per heavy atom. The monoisotopic (exact) mass is 363 g/mol. The zero-order valence-corrected chi connectivity index (χ0v) is 16.6. The molecule has 1 aromatic carbocycles. The molecule has 0 bridgehead atoms. The summed E-state index contributed by atoms with van der Waals surface area (Å²) >= 11 is 1.60. The molecule has 1 unspecified atom stereocenters. The van der Waals surface area contributed by atoms with E-state index in [-0.39, 0.29) is 6.61 Å². The minimum absolute atomic E-state index is 0.198. The van der Waals surface area contributed by atoms with Gasteiger partial charge in [0.05, 0.1) is 12.6 Å². The van der Waals surface area contributed by atoms with Gasteiger partial charge in [-0.1, -0.05) is 55.1 Å². The number of thioether (sulfide) groups is 1. The first-order valence-corrected chi connectivity index (χ1v) is 9.27. The lowest BCUT2D eigenvalue weighted by molar-refractivity contribution is 0.0482. The number of carbonyl (C=O) groups is 1. The van der Waals surface area contributed by atoms with Gasteiger partial charge < -0.3 is 15.2 Å². The van der Waals surface area contributed by atoms with Gasteiger partial charge in [-0.25, -0.2) is 4.79 Å². The molecule has 138 valence electrons. The van der Waals surface area contributed by atoms with Crippen molar-refractivity contribution in [1.82, 2.24) is 5.32 Å². The number of allylic oxidation sites excluding steroid dienone is 1. The van der Waals surface area contributed by atoms with Gasteiger partial charge in [0, 0.05) is 4.91 Å².